The molecule has 1 aromatic carbocycles. The Morgan fingerprint density at radius 1 is 1.17 bits per heavy atom. The number of aromatic amines is 1. The lowest BCUT2D eigenvalue weighted by Crippen LogP contribution is -2.49. The first-order chi connectivity index (χ1) is 11.6. The minimum atomic E-state index is -0.355. The summed E-state index contributed by atoms with van der Waals surface area (Å²) < 4.78 is 6.20. The second-order valence-electron chi connectivity index (χ2n) is 6.44. The summed E-state index contributed by atoms with van der Waals surface area (Å²) in [4.78, 5) is 29.0. The van der Waals surface area contributed by atoms with E-state index in [0.29, 0.717) is 13.1 Å². The molecule has 1 saturated heterocycles. The van der Waals surface area contributed by atoms with Crippen molar-refractivity contribution < 1.29 is 9.53 Å². The Kier molecular flexibility index (Phi) is 4.81. The van der Waals surface area contributed by atoms with Gasteiger partial charge in [-0.1, -0.05) is 44.2 Å². The minimum absolute atomic E-state index is 0.0595. The summed E-state index contributed by atoms with van der Waals surface area (Å²) in [5.74, 6) is 0.0348. The van der Waals surface area contributed by atoms with Gasteiger partial charge in [0.15, 0.2) is 0 Å². The lowest BCUT2D eigenvalue weighted by Gasteiger charge is -2.40. The lowest BCUT2D eigenvalue weighted by molar-refractivity contribution is -0.0954. The van der Waals surface area contributed by atoms with Gasteiger partial charge in [-0.25, -0.2) is 0 Å². The predicted octanol–water partition coefficient (Wildman–Crippen LogP) is 2.61. The van der Waals surface area contributed by atoms with E-state index >= 15 is 0 Å². The molecule has 0 radical (unpaired) electrons. The third kappa shape index (κ3) is 3.41. The van der Waals surface area contributed by atoms with Crippen LogP contribution in [0.25, 0.3) is 0 Å². The zero-order chi connectivity index (χ0) is 17.1. The number of hydrogen-bond donors (Lipinski definition) is 1. The van der Waals surface area contributed by atoms with Crippen molar-refractivity contribution in [3.05, 3.63) is 70.1 Å². The number of benzene rings is 1. The van der Waals surface area contributed by atoms with Gasteiger partial charge in [-0.05, 0) is 23.6 Å². The van der Waals surface area contributed by atoms with E-state index in [9.17, 15) is 9.59 Å². The zero-order valence-corrected chi connectivity index (χ0v) is 13.9. The summed E-state index contributed by atoms with van der Waals surface area (Å²) in [6.45, 7) is 5.10. The highest BCUT2D eigenvalue weighted by molar-refractivity contribution is 5.93. The van der Waals surface area contributed by atoms with Crippen LogP contribution in [0.3, 0.4) is 0 Å². The van der Waals surface area contributed by atoms with Gasteiger partial charge in [0.05, 0.1) is 12.6 Å². The molecular formula is C19H22N2O3. The number of rotatable bonds is 3. The first-order valence-electron chi connectivity index (χ1n) is 8.23. The fourth-order valence-electron chi connectivity index (χ4n) is 2.93. The fraction of sp³-hybridized carbons (Fsp3) is 0.368. The second kappa shape index (κ2) is 7.01. The number of carbonyl (C=O) groups is 1. The number of nitrogens with one attached hydrogen (secondary N) is 1. The van der Waals surface area contributed by atoms with Crippen molar-refractivity contribution in [3.63, 3.8) is 0 Å². The van der Waals surface area contributed by atoms with Crippen molar-refractivity contribution in [1.82, 2.24) is 9.88 Å². The van der Waals surface area contributed by atoms with Gasteiger partial charge in [0.25, 0.3) is 11.5 Å². The third-order valence-corrected chi connectivity index (χ3v) is 4.38. The number of hydrogen-bond acceptors (Lipinski definition) is 3. The molecule has 0 bridgehead atoms. The van der Waals surface area contributed by atoms with E-state index in [1.54, 1.807) is 17.0 Å². The van der Waals surface area contributed by atoms with Crippen LogP contribution in [0.1, 0.15) is 35.9 Å². The van der Waals surface area contributed by atoms with E-state index in [4.69, 9.17) is 4.74 Å². The highest BCUT2D eigenvalue weighted by atomic mass is 16.5. The van der Waals surface area contributed by atoms with Crippen LogP contribution in [0.2, 0.25) is 0 Å². The van der Waals surface area contributed by atoms with E-state index < -0.39 is 0 Å². The van der Waals surface area contributed by atoms with Crippen LogP contribution >= 0.6 is 0 Å². The number of nitrogens with zero attached hydrogens (tertiary/aromatic N) is 1. The van der Waals surface area contributed by atoms with Gasteiger partial charge in [0.1, 0.15) is 11.7 Å². The molecule has 0 spiro atoms. The maximum absolute atomic E-state index is 12.8. The summed E-state index contributed by atoms with van der Waals surface area (Å²) in [5, 5.41) is 0. The van der Waals surface area contributed by atoms with Crippen LogP contribution in [0.4, 0.5) is 0 Å². The van der Waals surface area contributed by atoms with Crippen LogP contribution in [0.5, 0.6) is 0 Å². The average molecular weight is 326 g/mol. The van der Waals surface area contributed by atoms with E-state index in [2.05, 4.69) is 18.8 Å². The molecule has 2 atom stereocenters. The summed E-state index contributed by atoms with van der Waals surface area (Å²) in [5.41, 5.74) is 0.864. The average Bonchev–Trinajstić information content (AvgIpc) is 2.62. The summed E-state index contributed by atoms with van der Waals surface area (Å²) >= 11 is 0. The first-order valence-corrected chi connectivity index (χ1v) is 8.23. The summed E-state index contributed by atoms with van der Waals surface area (Å²) in [6, 6.07) is 13.1. The van der Waals surface area contributed by atoms with Crippen molar-refractivity contribution in [1.29, 1.82) is 0 Å². The Bertz CT molecular complexity index is 754. The number of morpholine rings is 1. The number of pyridine rings is 1. The topological polar surface area (TPSA) is 62.4 Å². The third-order valence-electron chi connectivity index (χ3n) is 4.38. The largest absolute Gasteiger partial charge is 0.366 e. The highest BCUT2D eigenvalue weighted by Gasteiger charge is 2.33. The molecule has 1 fully saturated rings. The second-order valence-corrected chi connectivity index (χ2v) is 6.44. The quantitative estimate of drug-likeness (QED) is 0.943. The van der Waals surface area contributed by atoms with Crippen LogP contribution in [0.15, 0.2) is 53.5 Å². The summed E-state index contributed by atoms with van der Waals surface area (Å²) in [6.07, 6.45) is 1.29. The molecular weight excluding hydrogens is 304 g/mol. The Hall–Kier alpha value is -2.40. The molecule has 2 heterocycles. The summed E-state index contributed by atoms with van der Waals surface area (Å²) in [7, 11) is 0. The number of amides is 1. The van der Waals surface area contributed by atoms with Gasteiger partial charge in [0.2, 0.25) is 0 Å². The monoisotopic (exact) mass is 326 g/mol. The minimum Gasteiger partial charge on any atom is -0.366 e. The molecule has 5 heteroatoms. The molecule has 5 nitrogen and oxygen atoms in total. The van der Waals surface area contributed by atoms with Crippen molar-refractivity contribution in [2.45, 2.75) is 26.1 Å². The fourth-order valence-corrected chi connectivity index (χ4v) is 2.93. The maximum Gasteiger partial charge on any atom is 0.260 e. The van der Waals surface area contributed by atoms with Gasteiger partial charge >= 0.3 is 0 Å². The van der Waals surface area contributed by atoms with Crippen LogP contribution in [-0.2, 0) is 4.74 Å². The molecule has 0 saturated carbocycles. The van der Waals surface area contributed by atoms with Gasteiger partial charge in [-0.3, -0.25) is 9.59 Å². The Morgan fingerprint density at radius 3 is 2.58 bits per heavy atom. The highest BCUT2D eigenvalue weighted by Crippen LogP contribution is 2.28. The molecule has 1 N–H and O–H groups in total. The van der Waals surface area contributed by atoms with Crippen molar-refractivity contribution in [3.8, 4) is 0 Å². The number of aromatic nitrogens is 1. The lowest BCUT2D eigenvalue weighted by atomic mass is 10.0. The zero-order valence-electron chi connectivity index (χ0n) is 13.9. The molecule has 1 aliphatic rings. The number of carbonyl (C=O) groups excluding carboxylic acids is 1. The molecule has 0 unspecified atom stereocenters. The van der Waals surface area contributed by atoms with Gasteiger partial charge in [0, 0.05) is 12.7 Å². The Balaban J connectivity index is 1.88. The molecule has 3 rings (SSSR count). The molecule has 24 heavy (non-hydrogen) atoms. The van der Waals surface area contributed by atoms with Crippen LogP contribution in [-0.4, -0.2) is 35.0 Å². The van der Waals surface area contributed by atoms with E-state index in [0.717, 1.165) is 5.56 Å². The molecule has 0 aliphatic carbocycles. The van der Waals surface area contributed by atoms with E-state index in [1.807, 2.05) is 30.3 Å². The maximum atomic E-state index is 12.8. The van der Waals surface area contributed by atoms with Gasteiger partial charge in [-0.2, -0.15) is 0 Å². The van der Waals surface area contributed by atoms with E-state index in [-0.39, 0.29) is 35.2 Å². The number of ether oxygens (including phenoxy) is 1. The van der Waals surface area contributed by atoms with Crippen LogP contribution < -0.4 is 5.56 Å². The normalized spacial score (nSPS) is 21.0. The van der Waals surface area contributed by atoms with Crippen molar-refractivity contribution in [2.24, 2.45) is 5.92 Å². The predicted molar refractivity (Wildman–Crippen MR) is 91.9 cm³/mol. The molecule has 126 valence electrons. The Labute approximate surface area is 141 Å². The smallest absolute Gasteiger partial charge is 0.260 e. The van der Waals surface area contributed by atoms with Crippen molar-refractivity contribution >= 4 is 5.91 Å². The SMILES string of the molecule is CC(C)[C@H]1CN(C(=O)c2ccc[nH]c2=O)C[C@@H](c2ccccc2)O1. The first kappa shape index (κ1) is 16.5. The van der Waals surface area contributed by atoms with E-state index in [1.165, 1.54) is 6.20 Å². The Morgan fingerprint density at radius 2 is 1.92 bits per heavy atom. The van der Waals surface area contributed by atoms with Gasteiger partial charge < -0.3 is 14.6 Å². The molecule has 1 amide bonds. The molecule has 2 aromatic rings. The molecule has 1 aliphatic heterocycles. The number of H-pyrrole nitrogens is 1. The standard InChI is InChI=1S/C19H22N2O3/c1-13(2)16-11-21(19(23)15-9-6-10-20-18(15)22)12-17(24-16)14-7-4-3-5-8-14/h3-10,13,16-17H,11-12H2,1-2H3,(H,20,22)/t16-,17+/m1/s1. The molecule has 1 aromatic heterocycles. The van der Waals surface area contributed by atoms with Gasteiger partial charge in [-0.15, -0.1) is 0 Å². The van der Waals surface area contributed by atoms with Crippen molar-refractivity contribution in [2.75, 3.05) is 13.1 Å². The van der Waals surface area contributed by atoms with Crippen LogP contribution in [0, 0.1) is 5.92 Å².